The van der Waals surface area contributed by atoms with Crippen molar-refractivity contribution in [3.8, 4) is 0 Å². The molecule has 0 aliphatic rings. The zero-order valence-electron chi connectivity index (χ0n) is 5.72. The number of rotatable bonds is 4. The van der Waals surface area contributed by atoms with E-state index < -0.39 is 0 Å². The van der Waals surface area contributed by atoms with Crippen LogP contribution in [0, 0.1) is 0 Å². The van der Waals surface area contributed by atoms with Gasteiger partial charge in [0, 0.05) is 6.54 Å². The van der Waals surface area contributed by atoms with Crippen LogP contribution in [0.4, 0.5) is 0 Å². The van der Waals surface area contributed by atoms with Crippen LogP contribution in [0.5, 0.6) is 0 Å². The van der Waals surface area contributed by atoms with Crippen LogP contribution < -0.4 is 0 Å². The third-order valence-electron chi connectivity index (χ3n) is 1.09. The van der Waals surface area contributed by atoms with Gasteiger partial charge in [-0.3, -0.25) is 0 Å². The van der Waals surface area contributed by atoms with E-state index >= 15 is 0 Å². The fourth-order valence-corrected chi connectivity index (χ4v) is 0.664. The second-order valence-electron chi connectivity index (χ2n) is 2.03. The first-order chi connectivity index (χ1) is 3.81. The predicted molar refractivity (Wildman–Crippen MR) is 48.3 cm³/mol. The van der Waals surface area contributed by atoms with E-state index in [2.05, 4.69) is 11.8 Å². The van der Waals surface area contributed by atoms with Crippen LogP contribution >= 0.6 is 0 Å². The van der Waals surface area contributed by atoms with Crippen molar-refractivity contribution in [1.82, 2.24) is 4.90 Å². The molecule has 0 aliphatic carbocycles. The van der Waals surface area contributed by atoms with Crippen LogP contribution in [-0.4, -0.2) is 36.8 Å². The SMILES string of the molecule is C.C.CCCN(C)CCO. The van der Waals surface area contributed by atoms with Gasteiger partial charge in [0.05, 0.1) is 6.61 Å². The van der Waals surface area contributed by atoms with E-state index in [0.717, 1.165) is 19.5 Å². The molecule has 0 aromatic heterocycles. The van der Waals surface area contributed by atoms with E-state index in [1.807, 2.05) is 7.05 Å². The van der Waals surface area contributed by atoms with Gasteiger partial charge < -0.3 is 10.0 Å². The number of hydrogen-bond acceptors (Lipinski definition) is 2. The highest BCUT2D eigenvalue weighted by Crippen LogP contribution is 1.82. The Balaban J connectivity index is -0.000000245. The first kappa shape index (κ1) is 16.5. The van der Waals surface area contributed by atoms with E-state index in [-0.39, 0.29) is 21.5 Å². The maximum absolute atomic E-state index is 8.42. The Hall–Kier alpha value is -0.0800. The lowest BCUT2D eigenvalue weighted by atomic mass is 10.4. The van der Waals surface area contributed by atoms with E-state index in [0.29, 0.717) is 0 Å². The van der Waals surface area contributed by atoms with Crippen molar-refractivity contribution in [2.75, 3.05) is 26.7 Å². The van der Waals surface area contributed by atoms with Crippen molar-refractivity contribution in [3.05, 3.63) is 0 Å². The second kappa shape index (κ2) is 11.7. The van der Waals surface area contributed by atoms with Crippen molar-refractivity contribution in [3.63, 3.8) is 0 Å². The Kier molecular flexibility index (Phi) is 19.3. The van der Waals surface area contributed by atoms with Crippen molar-refractivity contribution in [2.45, 2.75) is 28.2 Å². The molecule has 0 bridgehead atoms. The Labute approximate surface area is 65.9 Å². The van der Waals surface area contributed by atoms with Gasteiger partial charge in [-0.2, -0.15) is 0 Å². The summed E-state index contributed by atoms with van der Waals surface area (Å²) in [5.74, 6) is 0. The average Bonchev–Trinajstić information content (AvgIpc) is 1.68. The number of nitrogens with zero attached hydrogens (tertiary/aromatic N) is 1. The molecule has 0 saturated carbocycles. The van der Waals surface area contributed by atoms with Gasteiger partial charge in [-0.15, -0.1) is 0 Å². The summed E-state index contributed by atoms with van der Waals surface area (Å²) in [5.41, 5.74) is 0. The highest BCUT2D eigenvalue weighted by atomic mass is 16.3. The standard InChI is InChI=1S/C6H15NO.2CH4/c1-3-4-7(2)5-6-8;;/h8H,3-6H2,1-2H3;2*1H4. The molecule has 66 valence electrons. The molecule has 10 heavy (non-hydrogen) atoms. The zero-order chi connectivity index (χ0) is 6.41. The first-order valence-corrected chi connectivity index (χ1v) is 3.10. The van der Waals surface area contributed by atoms with Gasteiger partial charge in [0.1, 0.15) is 0 Å². The third-order valence-corrected chi connectivity index (χ3v) is 1.09. The molecular weight excluding hydrogens is 126 g/mol. The van der Waals surface area contributed by atoms with Gasteiger partial charge in [0.2, 0.25) is 0 Å². The quantitative estimate of drug-likeness (QED) is 0.656. The minimum Gasteiger partial charge on any atom is -0.395 e. The fourth-order valence-electron chi connectivity index (χ4n) is 0.664. The summed E-state index contributed by atoms with van der Waals surface area (Å²) in [4.78, 5) is 2.11. The molecule has 2 heteroatoms. The van der Waals surface area contributed by atoms with E-state index in [1.54, 1.807) is 0 Å². The summed E-state index contributed by atoms with van der Waals surface area (Å²) < 4.78 is 0. The minimum absolute atomic E-state index is 0. The van der Waals surface area contributed by atoms with Crippen LogP contribution in [-0.2, 0) is 0 Å². The molecule has 2 nitrogen and oxygen atoms in total. The smallest absolute Gasteiger partial charge is 0.0558 e. The van der Waals surface area contributed by atoms with Crippen LogP contribution in [0.25, 0.3) is 0 Å². The summed E-state index contributed by atoms with van der Waals surface area (Å²) in [7, 11) is 2.01. The normalized spacial score (nSPS) is 8.40. The molecule has 0 aromatic carbocycles. The molecular formula is C8H23NO. The van der Waals surface area contributed by atoms with Gasteiger partial charge in [-0.05, 0) is 20.0 Å². The molecule has 0 spiro atoms. The lowest BCUT2D eigenvalue weighted by molar-refractivity contribution is 0.222. The van der Waals surface area contributed by atoms with Crippen LogP contribution in [0.15, 0.2) is 0 Å². The maximum Gasteiger partial charge on any atom is 0.0558 e. The monoisotopic (exact) mass is 149 g/mol. The fraction of sp³-hybridized carbons (Fsp3) is 1.00. The van der Waals surface area contributed by atoms with Crippen molar-refractivity contribution < 1.29 is 5.11 Å². The van der Waals surface area contributed by atoms with E-state index in [4.69, 9.17) is 5.11 Å². The Bertz CT molecular complexity index is 42.5. The highest BCUT2D eigenvalue weighted by molar-refractivity contribution is 4.45. The van der Waals surface area contributed by atoms with Crippen LogP contribution in [0.1, 0.15) is 28.2 Å². The second-order valence-corrected chi connectivity index (χ2v) is 2.03. The Morgan fingerprint density at radius 3 is 2.00 bits per heavy atom. The van der Waals surface area contributed by atoms with Gasteiger partial charge in [-0.1, -0.05) is 21.8 Å². The lowest BCUT2D eigenvalue weighted by Gasteiger charge is -2.12. The zero-order valence-corrected chi connectivity index (χ0v) is 5.72. The van der Waals surface area contributed by atoms with Gasteiger partial charge in [0.25, 0.3) is 0 Å². The van der Waals surface area contributed by atoms with E-state index in [9.17, 15) is 0 Å². The van der Waals surface area contributed by atoms with Crippen molar-refractivity contribution >= 4 is 0 Å². The number of aliphatic hydroxyl groups is 1. The van der Waals surface area contributed by atoms with Crippen LogP contribution in [0.3, 0.4) is 0 Å². The minimum atomic E-state index is 0. The maximum atomic E-state index is 8.42. The molecule has 0 aromatic rings. The number of aliphatic hydroxyl groups excluding tert-OH is 1. The summed E-state index contributed by atoms with van der Waals surface area (Å²) in [6.07, 6.45) is 1.16. The Morgan fingerprint density at radius 1 is 1.20 bits per heavy atom. The van der Waals surface area contributed by atoms with Gasteiger partial charge in [0.15, 0.2) is 0 Å². The van der Waals surface area contributed by atoms with Crippen LogP contribution in [0.2, 0.25) is 0 Å². The van der Waals surface area contributed by atoms with E-state index in [1.165, 1.54) is 0 Å². The molecule has 0 amide bonds. The van der Waals surface area contributed by atoms with Gasteiger partial charge >= 0.3 is 0 Å². The van der Waals surface area contributed by atoms with Crippen molar-refractivity contribution in [1.29, 1.82) is 0 Å². The topological polar surface area (TPSA) is 23.5 Å². The molecule has 0 rings (SSSR count). The Morgan fingerprint density at radius 2 is 1.70 bits per heavy atom. The summed E-state index contributed by atoms with van der Waals surface area (Å²) in [6.45, 7) is 4.29. The molecule has 1 N–H and O–H groups in total. The molecule has 0 heterocycles. The molecule has 0 aliphatic heterocycles. The average molecular weight is 149 g/mol. The molecule has 0 radical (unpaired) electrons. The third kappa shape index (κ3) is 10.8. The first-order valence-electron chi connectivity index (χ1n) is 3.10. The van der Waals surface area contributed by atoms with Crippen molar-refractivity contribution in [2.24, 2.45) is 0 Å². The molecule has 0 unspecified atom stereocenters. The molecule has 0 saturated heterocycles. The lowest BCUT2D eigenvalue weighted by Crippen LogP contribution is -2.22. The molecule has 0 fully saturated rings. The number of hydrogen-bond donors (Lipinski definition) is 1. The summed E-state index contributed by atoms with van der Waals surface area (Å²) in [6, 6.07) is 0. The van der Waals surface area contributed by atoms with Gasteiger partial charge in [-0.25, -0.2) is 0 Å². The number of likely N-dealkylation sites (N-methyl/N-ethyl adjacent to an activating group) is 1. The summed E-state index contributed by atoms with van der Waals surface area (Å²) in [5, 5.41) is 8.42. The largest absolute Gasteiger partial charge is 0.395 e. The predicted octanol–water partition coefficient (Wildman–Crippen LogP) is 1.59. The highest BCUT2D eigenvalue weighted by Gasteiger charge is 1.91. The molecule has 0 atom stereocenters. The summed E-state index contributed by atoms with van der Waals surface area (Å²) >= 11 is 0.